The highest BCUT2D eigenvalue weighted by Crippen LogP contribution is 2.18. The zero-order chi connectivity index (χ0) is 16.8. The highest BCUT2D eigenvalue weighted by molar-refractivity contribution is 6.01. The summed E-state index contributed by atoms with van der Waals surface area (Å²) in [5, 5.41) is 2.75. The van der Waals surface area contributed by atoms with Crippen molar-refractivity contribution in [3.63, 3.8) is 0 Å². The molecular weight excluding hydrogens is 292 g/mol. The van der Waals surface area contributed by atoms with Crippen LogP contribution in [0.25, 0.3) is 0 Å². The number of rotatable bonds is 6. The van der Waals surface area contributed by atoms with Crippen molar-refractivity contribution in [3.8, 4) is 0 Å². The Labute approximate surface area is 134 Å². The van der Waals surface area contributed by atoms with Gasteiger partial charge in [-0.1, -0.05) is 12.1 Å². The van der Waals surface area contributed by atoms with Gasteiger partial charge in [0, 0.05) is 42.0 Å². The lowest BCUT2D eigenvalue weighted by atomic mass is 10.1. The first-order valence-electron chi connectivity index (χ1n) is 7.32. The first kappa shape index (κ1) is 16.5. The van der Waals surface area contributed by atoms with E-state index in [1.165, 1.54) is 13.1 Å². The number of nitrogens with one attached hydrogen (secondary N) is 1. The van der Waals surface area contributed by atoms with E-state index in [0.717, 1.165) is 5.56 Å². The van der Waals surface area contributed by atoms with E-state index in [1.807, 2.05) is 6.92 Å². The van der Waals surface area contributed by atoms with Crippen molar-refractivity contribution in [2.24, 2.45) is 0 Å². The van der Waals surface area contributed by atoms with Crippen LogP contribution in [0.1, 0.15) is 46.0 Å². The standard InChI is InChI=1S/C18H18N2O3/c1-12-5-6-14(13(2)21)10-16(12)20-18(23)8-7-17(22)15-4-3-9-19-11-15/h3-6,9-11H,7-8H2,1-2H3,(H,20,23). The van der Waals surface area contributed by atoms with Crippen LogP contribution in [0.15, 0.2) is 42.7 Å². The summed E-state index contributed by atoms with van der Waals surface area (Å²) in [6, 6.07) is 8.52. The van der Waals surface area contributed by atoms with Crippen LogP contribution < -0.4 is 5.32 Å². The van der Waals surface area contributed by atoms with Crippen molar-refractivity contribution < 1.29 is 14.4 Å². The number of benzene rings is 1. The molecule has 0 bridgehead atoms. The summed E-state index contributed by atoms with van der Waals surface area (Å²) in [4.78, 5) is 39.3. The van der Waals surface area contributed by atoms with Gasteiger partial charge in [0.2, 0.25) is 5.91 Å². The molecule has 1 heterocycles. The molecule has 0 aliphatic carbocycles. The van der Waals surface area contributed by atoms with Gasteiger partial charge < -0.3 is 5.32 Å². The fourth-order valence-electron chi connectivity index (χ4n) is 2.09. The number of nitrogens with zero attached hydrogens (tertiary/aromatic N) is 1. The van der Waals surface area contributed by atoms with Crippen molar-refractivity contribution in [1.82, 2.24) is 4.98 Å². The molecule has 0 spiro atoms. The third-order valence-corrected chi connectivity index (χ3v) is 3.48. The Morgan fingerprint density at radius 1 is 1.09 bits per heavy atom. The van der Waals surface area contributed by atoms with Crippen molar-refractivity contribution in [1.29, 1.82) is 0 Å². The molecule has 118 valence electrons. The van der Waals surface area contributed by atoms with E-state index in [4.69, 9.17) is 0 Å². The van der Waals surface area contributed by atoms with Crippen LogP contribution in [0.4, 0.5) is 5.69 Å². The fraction of sp³-hybridized carbons (Fsp3) is 0.222. The van der Waals surface area contributed by atoms with Crippen LogP contribution in [-0.4, -0.2) is 22.5 Å². The molecule has 2 rings (SSSR count). The number of carbonyl (C=O) groups is 3. The number of aryl methyl sites for hydroxylation is 1. The summed E-state index contributed by atoms with van der Waals surface area (Å²) in [6.45, 7) is 3.32. The van der Waals surface area contributed by atoms with Gasteiger partial charge in [-0.25, -0.2) is 0 Å². The summed E-state index contributed by atoms with van der Waals surface area (Å²) in [5.74, 6) is -0.444. The predicted molar refractivity (Wildman–Crippen MR) is 87.6 cm³/mol. The fourth-order valence-corrected chi connectivity index (χ4v) is 2.09. The van der Waals surface area contributed by atoms with E-state index < -0.39 is 0 Å². The molecule has 5 heteroatoms. The van der Waals surface area contributed by atoms with E-state index in [1.54, 1.807) is 36.5 Å². The molecule has 0 fully saturated rings. The molecule has 23 heavy (non-hydrogen) atoms. The SMILES string of the molecule is CC(=O)c1ccc(C)c(NC(=O)CCC(=O)c2cccnc2)c1. The minimum absolute atomic E-state index is 0.0627. The first-order chi connectivity index (χ1) is 11.0. The smallest absolute Gasteiger partial charge is 0.224 e. The second-order valence-corrected chi connectivity index (χ2v) is 5.30. The molecule has 0 unspecified atom stereocenters. The molecular formula is C18H18N2O3. The number of Topliss-reactive ketones (excluding diaryl/α,β-unsaturated/α-hetero) is 2. The molecule has 5 nitrogen and oxygen atoms in total. The second-order valence-electron chi connectivity index (χ2n) is 5.30. The molecule has 1 aromatic heterocycles. The summed E-state index contributed by atoms with van der Waals surface area (Å²) in [5.41, 5.74) is 2.49. The largest absolute Gasteiger partial charge is 0.326 e. The number of hydrogen-bond donors (Lipinski definition) is 1. The number of pyridine rings is 1. The number of amides is 1. The Morgan fingerprint density at radius 3 is 2.52 bits per heavy atom. The van der Waals surface area contributed by atoms with E-state index in [0.29, 0.717) is 16.8 Å². The third-order valence-electron chi connectivity index (χ3n) is 3.48. The van der Waals surface area contributed by atoms with Crippen molar-refractivity contribution >= 4 is 23.2 Å². The van der Waals surface area contributed by atoms with Crippen LogP contribution >= 0.6 is 0 Å². The number of carbonyl (C=O) groups excluding carboxylic acids is 3. The maximum atomic E-state index is 12.0. The van der Waals surface area contributed by atoms with Gasteiger partial charge in [-0.3, -0.25) is 19.4 Å². The Bertz CT molecular complexity index is 739. The van der Waals surface area contributed by atoms with Crippen LogP contribution in [0.3, 0.4) is 0 Å². The maximum Gasteiger partial charge on any atom is 0.224 e. The van der Waals surface area contributed by atoms with Gasteiger partial charge in [0.1, 0.15) is 0 Å². The Hall–Kier alpha value is -2.82. The predicted octanol–water partition coefficient (Wildman–Crippen LogP) is 3.19. The zero-order valence-corrected chi connectivity index (χ0v) is 13.1. The maximum absolute atomic E-state index is 12.0. The third kappa shape index (κ3) is 4.57. The number of anilines is 1. The highest BCUT2D eigenvalue weighted by Gasteiger charge is 2.11. The molecule has 1 aromatic carbocycles. The topological polar surface area (TPSA) is 76.1 Å². The molecule has 1 amide bonds. The van der Waals surface area contributed by atoms with Crippen LogP contribution in [0, 0.1) is 6.92 Å². The molecule has 0 saturated carbocycles. The van der Waals surface area contributed by atoms with Gasteiger partial charge in [0.05, 0.1) is 0 Å². The van der Waals surface area contributed by atoms with Gasteiger partial charge in [-0.05, 0) is 37.6 Å². The lowest BCUT2D eigenvalue weighted by Crippen LogP contribution is -2.14. The summed E-state index contributed by atoms with van der Waals surface area (Å²) >= 11 is 0. The zero-order valence-electron chi connectivity index (χ0n) is 13.1. The van der Waals surface area contributed by atoms with Crippen LogP contribution in [-0.2, 0) is 4.79 Å². The molecule has 0 saturated heterocycles. The Kier molecular flexibility index (Phi) is 5.36. The average molecular weight is 310 g/mol. The lowest BCUT2D eigenvalue weighted by molar-refractivity contribution is -0.116. The minimum atomic E-state index is -0.258. The number of aromatic nitrogens is 1. The van der Waals surface area contributed by atoms with Gasteiger partial charge in [-0.2, -0.15) is 0 Å². The van der Waals surface area contributed by atoms with Gasteiger partial charge >= 0.3 is 0 Å². The van der Waals surface area contributed by atoms with Gasteiger partial charge in [0.15, 0.2) is 11.6 Å². The van der Waals surface area contributed by atoms with E-state index >= 15 is 0 Å². The monoisotopic (exact) mass is 310 g/mol. The summed E-state index contributed by atoms with van der Waals surface area (Å²) in [6.07, 6.45) is 3.27. The number of hydrogen-bond acceptors (Lipinski definition) is 4. The molecule has 2 aromatic rings. The Morgan fingerprint density at radius 2 is 1.87 bits per heavy atom. The normalized spacial score (nSPS) is 10.2. The molecule has 0 aliphatic rings. The lowest BCUT2D eigenvalue weighted by Gasteiger charge is -2.09. The molecule has 1 N–H and O–H groups in total. The number of ketones is 2. The summed E-state index contributed by atoms with van der Waals surface area (Å²) in [7, 11) is 0. The van der Waals surface area contributed by atoms with Crippen molar-refractivity contribution in [3.05, 3.63) is 59.4 Å². The van der Waals surface area contributed by atoms with Gasteiger partial charge in [-0.15, -0.1) is 0 Å². The molecule has 0 aliphatic heterocycles. The highest BCUT2D eigenvalue weighted by atomic mass is 16.2. The molecule has 0 atom stereocenters. The minimum Gasteiger partial charge on any atom is -0.326 e. The Balaban J connectivity index is 1.96. The quantitative estimate of drug-likeness (QED) is 0.831. The molecule has 0 radical (unpaired) electrons. The van der Waals surface area contributed by atoms with Crippen LogP contribution in [0.2, 0.25) is 0 Å². The van der Waals surface area contributed by atoms with E-state index in [9.17, 15) is 14.4 Å². The van der Waals surface area contributed by atoms with Crippen LogP contribution in [0.5, 0.6) is 0 Å². The van der Waals surface area contributed by atoms with Crippen molar-refractivity contribution in [2.75, 3.05) is 5.32 Å². The van der Waals surface area contributed by atoms with Crippen molar-refractivity contribution in [2.45, 2.75) is 26.7 Å². The first-order valence-corrected chi connectivity index (χ1v) is 7.32. The van der Waals surface area contributed by atoms with E-state index in [2.05, 4.69) is 10.3 Å². The van der Waals surface area contributed by atoms with Gasteiger partial charge in [0.25, 0.3) is 0 Å². The average Bonchev–Trinajstić information content (AvgIpc) is 2.55. The van der Waals surface area contributed by atoms with E-state index in [-0.39, 0.29) is 30.3 Å². The summed E-state index contributed by atoms with van der Waals surface area (Å²) < 4.78 is 0. The second kappa shape index (κ2) is 7.45.